The van der Waals surface area contributed by atoms with Gasteiger partial charge in [-0.15, -0.1) is 5.10 Å². The molecule has 0 aliphatic carbocycles. The fraction of sp³-hybridized carbons (Fsp3) is 0.150. The number of halogens is 1. The SMILES string of the molecule is COc1ccc(NC(=O)[C@@H](C)Oc2ccc(=O)n(-c3ccc(F)cc3)n2)cc1. The monoisotopic (exact) mass is 383 g/mol. The molecular formula is C20H18FN3O4. The Balaban J connectivity index is 1.71. The highest BCUT2D eigenvalue weighted by Crippen LogP contribution is 2.16. The molecule has 0 saturated carbocycles. The third-order valence-electron chi connectivity index (χ3n) is 3.87. The number of nitrogens with one attached hydrogen (secondary N) is 1. The third kappa shape index (κ3) is 4.53. The summed E-state index contributed by atoms with van der Waals surface area (Å²) < 4.78 is 24.8. The summed E-state index contributed by atoms with van der Waals surface area (Å²) in [5, 5.41) is 6.81. The number of nitrogens with zero attached hydrogens (tertiary/aromatic N) is 2. The lowest BCUT2D eigenvalue weighted by Gasteiger charge is -2.15. The maximum atomic E-state index is 13.1. The van der Waals surface area contributed by atoms with E-state index in [0.29, 0.717) is 17.1 Å². The summed E-state index contributed by atoms with van der Waals surface area (Å²) in [5.41, 5.74) is 0.562. The molecule has 3 aromatic rings. The maximum Gasteiger partial charge on any atom is 0.271 e. The van der Waals surface area contributed by atoms with E-state index in [1.54, 1.807) is 38.3 Å². The quantitative estimate of drug-likeness (QED) is 0.708. The van der Waals surface area contributed by atoms with Crippen LogP contribution in [0.15, 0.2) is 65.5 Å². The van der Waals surface area contributed by atoms with Crippen LogP contribution in [0.4, 0.5) is 10.1 Å². The second kappa shape index (κ2) is 8.34. The number of hydrogen-bond acceptors (Lipinski definition) is 5. The van der Waals surface area contributed by atoms with Crippen LogP contribution in [0.25, 0.3) is 5.69 Å². The van der Waals surface area contributed by atoms with Gasteiger partial charge in [0.25, 0.3) is 11.5 Å². The molecule has 0 fully saturated rings. The highest BCUT2D eigenvalue weighted by atomic mass is 19.1. The van der Waals surface area contributed by atoms with Crippen LogP contribution >= 0.6 is 0 Å². The van der Waals surface area contributed by atoms with Crippen LogP contribution < -0.4 is 20.3 Å². The third-order valence-corrected chi connectivity index (χ3v) is 3.87. The fourth-order valence-corrected chi connectivity index (χ4v) is 2.38. The smallest absolute Gasteiger partial charge is 0.271 e. The van der Waals surface area contributed by atoms with Gasteiger partial charge < -0.3 is 14.8 Å². The lowest BCUT2D eigenvalue weighted by atomic mass is 10.3. The normalized spacial score (nSPS) is 11.5. The van der Waals surface area contributed by atoms with Gasteiger partial charge >= 0.3 is 0 Å². The molecule has 144 valence electrons. The lowest BCUT2D eigenvalue weighted by molar-refractivity contribution is -0.122. The van der Waals surface area contributed by atoms with Gasteiger partial charge in [0.1, 0.15) is 11.6 Å². The zero-order chi connectivity index (χ0) is 20.1. The van der Waals surface area contributed by atoms with Crippen molar-refractivity contribution in [3.05, 3.63) is 76.8 Å². The van der Waals surface area contributed by atoms with E-state index >= 15 is 0 Å². The van der Waals surface area contributed by atoms with Gasteiger partial charge in [-0.05, 0) is 55.5 Å². The molecule has 28 heavy (non-hydrogen) atoms. The van der Waals surface area contributed by atoms with Crippen molar-refractivity contribution in [1.29, 1.82) is 0 Å². The van der Waals surface area contributed by atoms with Gasteiger partial charge in [0, 0.05) is 17.8 Å². The molecule has 0 saturated heterocycles. The van der Waals surface area contributed by atoms with Crippen molar-refractivity contribution < 1.29 is 18.7 Å². The Labute approximate surface area is 160 Å². The molecule has 1 aromatic heterocycles. The van der Waals surface area contributed by atoms with Crippen LogP contribution in [-0.4, -0.2) is 28.9 Å². The molecular weight excluding hydrogens is 365 g/mol. The molecule has 1 N–H and O–H groups in total. The Kier molecular flexibility index (Phi) is 5.69. The first-order valence-corrected chi connectivity index (χ1v) is 8.44. The molecule has 0 bridgehead atoms. The molecule has 3 rings (SSSR count). The van der Waals surface area contributed by atoms with Crippen molar-refractivity contribution in [2.24, 2.45) is 0 Å². The van der Waals surface area contributed by atoms with Gasteiger partial charge in [0.15, 0.2) is 6.10 Å². The molecule has 0 spiro atoms. The van der Waals surface area contributed by atoms with Crippen molar-refractivity contribution in [2.75, 3.05) is 12.4 Å². The van der Waals surface area contributed by atoms with E-state index in [9.17, 15) is 14.0 Å². The number of rotatable bonds is 6. The number of carbonyl (C=O) groups excluding carboxylic acids is 1. The number of ether oxygens (including phenoxy) is 2. The Morgan fingerprint density at radius 1 is 1.07 bits per heavy atom. The van der Waals surface area contributed by atoms with Crippen molar-refractivity contribution in [1.82, 2.24) is 9.78 Å². The Morgan fingerprint density at radius 2 is 1.75 bits per heavy atom. The Bertz CT molecular complexity index is 1020. The molecule has 2 aromatic carbocycles. The predicted octanol–water partition coefficient (Wildman–Crippen LogP) is 2.79. The average molecular weight is 383 g/mol. The van der Waals surface area contributed by atoms with Crippen molar-refractivity contribution in [3.63, 3.8) is 0 Å². The van der Waals surface area contributed by atoms with E-state index in [0.717, 1.165) is 4.68 Å². The number of aromatic nitrogens is 2. The summed E-state index contributed by atoms with van der Waals surface area (Å²) in [6.07, 6.45) is -0.867. The number of methoxy groups -OCH3 is 1. The van der Waals surface area contributed by atoms with Crippen molar-refractivity contribution in [2.45, 2.75) is 13.0 Å². The second-order valence-electron chi connectivity index (χ2n) is 5.88. The van der Waals surface area contributed by atoms with Gasteiger partial charge in [-0.25, -0.2) is 4.39 Å². The first kappa shape index (κ1) is 19.1. The standard InChI is InChI=1S/C20H18FN3O4/c1-13(20(26)22-15-5-9-17(27-2)10-6-15)28-18-11-12-19(25)24(23-18)16-7-3-14(21)4-8-16/h3-13H,1-2H3,(H,22,26)/t13-/m1/s1. The summed E-state index contributed by atoms with van der Waals surface area (Å²) in [7, 11) is 1.56. The predicted molar refractivity (Wildman–Crippen MR) is 102 cm³/mol. The molecule has 7 nitrogen and oxygen atoms in total. The van der Waals surface area contributed by atoms with E-state index < -0.39 is 17.5 Å². The van der Waals surface area contributed by atoms with Gasteiger partial charge in [-0.1, -0.05) is 0 Å². The number of amides is 1. The Morgan fingerprint density at radius 3 is 2.39 bits per heavy atom. The maximum absolute atomic E-state index is 13.1. The first-order chi connectivity index (χ1) is 13.5. The highest BCUT2D eigenvalue weighted by Gasteiger charge is 2.16. The van der Waals surface area contributed by atoms with E-state index in [4.69, 9.17) is 9.47 Å². The van der Waals surface area contributed by atoms with Crippen molar-refractivity contribution in [3.8, 4) is 17.3 Å². The van der Waals surface area contributed by atoms with E-state index in [-0.39, 0.29) is 11.8 Å². The van der Waals surface area contributed by atoms with Crippen molar-refractivity contribution >= 4 is 11.6 Å². The number of hydrogen-bond donors (Lipinski definition) is 1. The number of benzene rings is 2. The molecule has 0 aliphatic rings. The van der Waals surface area contributed by atoms with Gasteiger partial charge in [0.05, 0.1) is 12.8 Å². The minimum Gasteiger partial charge on any atom is -0.497 e. The molecule has 8 heteroatoms. The van der Waals surface area contributed by atoms with Crippen LogP contribution in [0.5, 0.6) is 11.6 Å². The molecule has 0 radical (unpaired) electrons. The van der Waals surface area contributed by atoms with E-state index in [2.05, 4.69) is 10.4 Å². The topological polar surface area (TPSA) is 82.5 Å². The van der Waals surface area contributed by atoms with Gasteiger partial charge in [-0.3, -0.25) is 9.59 Å². The summed E-state index contributed by atoms with van der Waals surface area (Å²) in [5.74, 6) is -0.0459. The lowest BCUT2D eigenvalue weighted by Crippen LogP contribution is -2.31. The number of carbonyl (C=O) groups is 1. The molecule has 1 heterocycles. The van der Waals surface area contributed by atoms with Crippen LogP contribution in [-0.2, 0) is 4.79 Å². The second-order valence-corrected chi connectivity index (χ2v) is 5.88. The van der Waals surface area contributed by atoms with Crippen LogP contribution in [0.1, 0.15) is 6.92 Å². The van der Waals surface area contributed by atoms with Gasteiger partial charge in [-0.2, -0.15) is 4.68 Å². The summed E-state index contributed by atoms with van der Waals surface area (Å²) in [4.78, 5) is 24.4. The van der Waals surface area contributed by atoms with Crippen LogP contribution in [0, 0.1) is 5.82 Å². The van der Waals surface area contributed by atoms with E-state index in [1.807, 2.05) is 0 Å². The van der Waals surface area contributed by atoms with E-state index in [1.165, 1.54) is 36.4 Å². The largest absolute Gasteiger partial charge is 0.497 e. The first-order valence-electron chi connectivity index (χ1n) is 8.44. The zero-order valence-electron chi connectivity index (χ0n) is 15.3. The number of anilines is 1. The summed E-state index contributed by atoms with van der Waals surface area (Å²) in [6, 6.07) is 14.8. The molecule has 1 amide bonds. The molecule has 0 unspecified atom stereocenters. The summed E-state index contributed by atoms with van der Waals surface area (Å²) in [6.45, 7) is 1.56. The molecule has 0 aliphatic heterocycles. The summed E-state index contributed by atoms with van der Waals surface area (Å²) >= 11 is 0. The minimum absolute atomic E-state index is 0.0845. The molecule has 1 atom stereocenters. The minimum atomic E-state index is -0.867. The fourth-order valence-electron chi connectivity index (χ4n) is 2.38. The Hall–Kier alpha value is -3.68. The van der Waals surface area contributed by atoms with Crippen LogP contribution in [0.3, 0.4) is 0 Å². The average Bonchev–Trinajstić information content (AvgIpc) is 2.70. The zero-order valence-corrected chi connectivity index (χ0v) is 15.3. The highest BCUT2D eigenvalue weighted by molar-refractivity contribution is 5.94. The van der Waals surface area contributed by atoms with Gasteiger partial charge in [0.2, 0.25) is 5.88 Å². The van der Waals surface area contributed by atoms with Crippen LogP contribution in [0.2, 0.25) is 0 Å².